The Morgan fingerprint density at radius 1 is 1.28 bits per heavy atom. The summed E-state index contributed by atoms with van der Waals surface area (Å²) in [6.45, 7) is 11.2. The number of amides is 2. The Morgan fingerprint density at radius 3 is 2.60 bits per heavy atom. The van der Waals surface area contributed by atoms with Gasteiger partial charge in [0.15, 0.2) is 5.82 Å². The van der Waals surface area contributed by atoms with Crippen molar-refractivity contribution in [2.45, 2.75) is 26.8 Å². The molecule has 1 aromatic rings. The van der Waals surface area contributed by atoms with E-state index in [1.807, 2.05) is 4.90 Å². The molecule has 1 aromatic heterocycles. The third-order valence-corrected chi connectivity index (χ3v) is 5.14. The van der Waals surface area contributed by atoms with Crippen LogP contribution in [0.2, 0.25) is 0 Å². The number of carbonyl (C=O) groups is 2. The highest BCUT2D eigenvalue weighted by Gasteiger charge is 2.36. The molecule has 25 heavy (non-hydrogen) atoms. The van der Waals surface area contributed by atoms with Gasteiger partial charge in [0.1, 0.15) is 5.76 Å². The number of nitrogens with one attached hydrogen (secondary N) is 1. The summed E-state index contributed by atoms with van der Waals surface area (Å²) < 4.78 is 4.96. The SMILES string of the molecule is CC(=O)N1CCN([C@H]2CN(CC(=O)Nc3cc(C)on3)C[C@@H]2C)CC1. The van der Waals surface area contributed by atoms with Crippen molar-refractivity contribution in [2.75, 3.05) is 51.1 Å². The number of carbonyl (C=O) groups excluding carboxylic acids is 2. The van der Waals surface area contributed by atoms with Gasteiger partial charge >= 0.3 is 0 Å². The fourth-order valence-corrected chi connectivity index (χ4v) is 3.83. The first-order chi connectivity index (χ1) is 11.9. The Balaban J connectivity index is 1.48. The van der Waals surface area contributed by atoms with Crippen molar-refractivity contribution in [2.24, 2.45) is 5.92 Å². The zero-order chi connectivity index (χ0) is 18.0. The van der Waals surface area contributed by atoms with Crippen LogP contribution < -0.4 is 5.32 Å². The third kappa shape index (κ3) is 4.38. The molecule has 2 amide bonds. The van der Waals surface area contributed by atoms with Gasteiger partial charge in [-0.1, -0.05) is 12.1 Å². The summed E-state index contributed by atoms with van der Waals surface area (Å²) in [7, 11) is 0. The van der Waals surface area contributed by atoms with E-state index < -0.39 is 0 Å². The van der Waals surface area contributed by atoms with E-state index in [1.54, 1.807) is 19.9 Å². The zero-order valence-electron chi connectivity index (χ0n) is 15.2. The van der Waals surface area contributed by atoms with Crippen molar-refractivity contribution in [3.8, 4) is 0 Å². The molecule has 3 heterocycles. The first kappa shape index (κ1) is 17.9. The smallest absolute Gasteiger partial charge is 0.239 e. The van der Waals surface area contributed by atoms with Crippen molar-refractivity contribution in [1.29, 1.82) is 0 Å². The first-order valence-electron chi connectivity index (χ1n) is 8.87. The number of aryl methyl sites for hydroxylation is 1. The quantitative estimate of drug-likeness (QED) is 0.848. The van der Waals surface area contributed by atoms with Crippen LogP contribution >= 0.6 is 0 Å². The Kier molecular flexibility index (Phi) is 5.39. The van der Waals surface area contributed by atoms with E-state index >= 15 is 0 Å². The van der Waals surface area contributed by atoms with E-state index in [0.717, 1.165) is 39.3 Å². The van der Waals surface area contributed by atoms with E-state index in [2.05, 4.69) is 27.2 Å². The third-order valence-electron chi connectivity index (χ3n) is 5.14. The molecule has 0 radical (unpaired) electrons. The van der Waals surface area contributed by atoms with Crippen molar-refractivity contribution >= 4 is 17.6 Å². The maximum Gasteiger partial charge on any atom is 0.239 e. The lowest BCUT2D eigenvalue weighted by atomic mass is 10.0. The molecule has 2 aliphatic rings. The van der Waals surface area contributed by atoms with Gasteiger partial charge in [-0.15, -0.1) is 0 Å². The van der Waals surface area contributed by atoms with Crippen molar-refractivity contribution in [1.82, 2.24) is 19.9 Å². The molecule has 3 rings (SSSR count). The highest BCUT2D eigenvalue weighted by atomic mass is 16.5. The molecule has 8 nitrogen and oxygen atoms in total. The minimum absolute atomic E-state index is 0.0671. The first-order valence-corrected chi connectivity index (χ1v) is 8.87. The topological polar surface area (TPSA) is 81.9 Å². The lowest BCUT2D eigenvalue weighted by Gasteiger charge is -2.39. The van der Waals surface area contributed by atoms with Crippen molar-refractivity contribution < 1.29 is 14.1 Å². The average molecular weight is 349 g/mol. The molecule has 1 N–H and O–H groups in total. The molecule has 0 bridgehead atoms. The number of nitrogens with zero attached hydrogens (tertiary/aromatic N) is 4. The summed E-state index contributed by atoms with van der Waals surface area (Å²) in [4.78, 5) is 30.2. The van der Waals surface area contributed by atoms with Crippen LogP contribution in [0, 0.1) is 12.8 Å². The van der Waals surface area contributed by atoms with Gasteiger partial charge in [-0.3, -0.25) is 19.4 Å². The van der Waals surface area contributed by atoms with Gasteiger partial charge in [-0.25, -0.2) is 0 Å². The molecule has 2 saturated heterocycles. The minimum Gasteiger partial charge on any atom is -0.360 e. The van der Waals surface area contributed by atoms with Gasteiger partial charge in [0.05, 0.1) is 6.54 Å². The standard InChI is InChI=1S/C17H27N5O3/c1-12-9-20(11-17(24)18-16-8-13(2)25-19-16)10-15(12)22-6-4-21(5-7-22)14(3)23/h8,12,15H,4-7,9-11H2,1-3H3,(H,18,19,24)/t12-,15-/m0/s1. The predicted molar refractivity (Wildman–Crippen MR) is 93.1 cm³/mol. The molecule has 2 fully saturated rings. The van der Waals surface area contributed by atoms with E-state index in [9.17, 15) is 9.59 Å². The van der Waals surface area contributed by atoms with Crippen molar-refractivity contribution in [3.63, 3.8) is 0 Å². The monoisotopic (exact) mass is 349 g/mol. The maximum atomic E-state index is 12.2. The number of rotatable bonds is 4. The fraction of sp³-hybridized carbons (Fsp3) is 0.706. The molecule has 0 aliphatic carbocycles. The summed E-state index contributed by atoms with van der Waals surface area (Å²) in [5.41, 5.74) is 0. The zero-order valence-corrected chi connectivity index (χ0v) is 15.2. The van der Waals surface area contributed by atoms with Crippen LogP contribution in [0.15, 0.2) is 10.6 Å². The molecule has 0 unspecified atom stereocenters. The molecule has 0 saturated carbocycles. The summed E-state index contributed by atoms with van der Waals surface area (Å²) >= 11 is 0. The Hall–Kier alpha value is -1.93. The van der Waals surface area contributed by atoms with Crippen LogP contribution in [0.3, 0.4) is 0 Å². The van der Waals surface area contributed by atoms with Gasteiger partial charge in [-0.05, 0) is 12.8 Å². The van der Waals surface area contributed by atoms with Crippen LogP contribution in [0.5, 0.6) is 0 Å². The van der Waals surface area contributed by atoms with Gasteiger partial charge in [0, 0.05) is 58.3 Å². The second-order valence-electron chi connectivity index (χ2n) is 7.15. The molecular formula is C17H27N5O3. The van der Waals surface area contributed by atoms with Crippen LogP contribution in [0.1, 0.15) is 19.6 Å². The number of piperazine rings is 1. The summed E-state index contributed by atoms with van der Waals surface area (Å²) in [6.07, 6.45) is 0. The van der Waals surface area contributed by atoms with Crippen LogP contribution in [0.25, 0.3) is 0 Å². The molecule has 0 aromatic carbocycles. The number of anilines is 1. The summed E-state index contributed by atoms with van der Waals surface area (Å²) in [6, 6.07) is 2.15. The lowest BCUT2D eigenvalue weighted by Crippen LogP contribution is -2.53. The normalized spacial score (nSPS) is 25.3. The number of hydrogen-bond donors (Lipinski definition) is 1. The highest BCUT2D eigenvalue weighted by Crippen LogP contribution is 2.23. The second kappa shape index (κ2) is 7.53. The Bertz CT molecular complexity index is 624. The van der Waals surface area contributed by atoms with Crippen LogP contribution in [0.4, 0.5) is 5.82 Å². The Labute approximate surface area is 148 Å². The molecule has 2 aliphatic heterocycles. The molecule has 0 spiro atoms. The van der Waals surface area contributed by atoms with Gasteiger partial charge < -0.3 is 14.7 Å². The summed E-state index contributed by atoms with van der Waals surface area (Å²) in [5, 5.41) is 6.56. The van der Waals surface area contributed by atoms with Gasteiger partial charge in [0.25, 0.3) is 0 Å². The number of aromatic nitrogens is 1. The van der Waals surface area contributed by atoms with Gasteiger partial charge in [0.2, 0.25) is 11.8 Å². The second-order valence-corrected chi connectivity index (χ2v) is 7.15. The van der Waals surface area contributed by atoms with E-state index in [0.29, 0.717) is 30.1 Å². The largest absolute Gasteiger partial charge is 0.360 e. The van der Waals surface area contributed by atoms with Gasteiger partial charge in [-0.2, -0.15) is 0 Å². The fourth-order valence-electron chi connectivity index (χ4n) is 3.83. The highest BCUT2D eigenvalue weighted by molar-refractivity contribution is 5.91. The molecular weight excluding hydrogens is 322 g/mol. The molecule has 8 heteroatoms. The van der Waals surface area contributed by atoms with Crippen molar-refractivity contribution in [3.05, 3.63) is 11.8 Å². The average Bonchev–Trinajstić information content (AvgIpc) is 3.13. The summed E-state index contributed by atoms with van der Waals surface area (Å²) in [5.74, 6) is 1.73. The van der Waals surface area contributed by atoms with E-state index in [1.165, 1.54) is 0 Å². The Morgan fingerprint density at radius 2 is 2.00 bits per heavy atom. The lowest BCUT2D eigenvalue weighted by molar-refractivity contribution is -0.131. The van der Waals surface area contributed by atoms with Crippen LogP contribution in [-0.2, 0) is 9.59 Å². The minimum atomic E-state index is -0.0671. The molecule has 138 valence electrons. The van der Waals surface area contributed by atoms with E-state index in [-0.39, 0.29) is 11.8 Å². The number of likely N-dealkylation sites (tertiary alicyclic amines) is 1. The van der Waals surface area contributed by atoms with E-state index in [4.69, 9.17) is 4.52 Å². The number of hydrogen-bond acceptors (Lipinski definition) is 6. The van der Waals surface area contributed by atoms with Crippen LogP contribution in [-0.4, -0.2) is 83.5 Å². The maximum absolute atomic E-state index is 12.2. The predicted octanol–water partition coefficient (Wildman–Crippen LogP) is 0.406. The molecule has 2 atom stereocenters.